The van der Waals surface area contributed by atoms with Crippen molar-refractivity contribution in [2.75, 3.05) is 26.7 Å². The molecule has 2 aliphatic carbocycles. The molecule has 2 fully saturated rings. The number of aryl methyl sites for hydroxylation is 2. The highest BCUT2D eigenvalue weighted by atomic mass is 19.1. The van der Waals surface area contributed by atoms with Gasteiger partial charge in [0.05, 0.1) is 5.69 Å². The molecule has 220 valence electrons. The molecule has 2 heterocycles. The second-order valence-corrected chi connectivity index (χ2v) is 12.9. The van der Waals surface area contributed by atoms with Crippen LogP contribution in [0.3, 0.4) is 0 Å². The van der Waals surface area contributed by atoms with Gasteiger partial charge in [-0.2, -0.15) is 5.10 Å². The fourth-order valence-electron chi connectivity index (χ4n) is 8.37. The predicted octanol–water partition coefficient (Wildman–Crippen LogP) is 5.63. The van der Waals surface area contributed by atoms with Crippen LogP contribution in [0.2, 0.25) is 0 Å². The summed E-state index contributed by atoms with van der Waals surface area (Å²) in [5.41, 5.74) is 5.14. The van der Waals surface area contributed by atoms with Crippen molar-refractivity contribution in [3.8, 4) is 0 Å². The van der Waals surface area contributed by atoms with Crippen LogP contribution in [-0.4, -0.2) is 69.4 Å². The Balaban J connectivity index is 1.34. The number of piperidine rings is 1. The summed E-state index contributed by atoms with van der Waals surface area (Å²) in [4.78, 5) is 16.6. The minimum absolute atomic E-state index is 0.0122. The quantitative estimate of drug-likeness (QED) is 0.434. The number of halogens is 2. The minimum atomic E-state index is -0.816. The van der Waals surface area contributed by atoms with Gasteiger partial charge in [0, 0.05) is 36.3 Å². The van der Waals surface area contributed by atoms with E-state index in [0.29, 0.717) is 12.0 Å². The number of hydrogen-bond donors (Lipinski definition) is 1. The van der Waals surface area contributed by atoms with Gasteiger partial charge in [0.25, 0.3) is 0 Å². The first kappa shape index (κ1) is 29.2. The van der Waals surface area contributed by atoms with E-state index in [2.05, 4.69) is 23.4 Å². The molecule has 0 radical (unpaired) electrons. The molecule has 1 saturated heterocycles. The van der Waals surface area contributed by atoms with Gasteiger partial charge >= 0.3 is 5.97 Å². The Morgan fingerprint density at radius 1 is 1.12 bits per heavy atom. The predicted molar refractivity (Wildman–Crippen MR) is 153 cm³/mol. The number of carboxylic acids is 1. The van der Waals surface area contributed by atoms with Crippen LogP contribution in [0.15, 0.2) is 18.2 Å². The molecule has 6 nitrogen and oxygen atoms in total. The van der Waals surface area contributed by atoms with Gasteiger partial charge in [0.15, 0.2) is 0 Å². The maximum absolute atomic E-state index is 14.3. The van der Waals surface area contributed by atoms with Gasteiger partial charge < -0.3 is 10.0 Å². The van der Waals surface area contributed by atoms with E-state index in [0.717, 1.165) is 64.3 Å². The van der Waals surface area contributed by atoms with Gasteiger partial charge in [-0.1, -0.05) is 20.8 Å². The average Bonchev–Trinajstić information content (AvgIpc) is 3.58. The average molecular weight is 557 g/mol. The Morgan fingerprint density at radius 2 is 1.80 bits per heavy atom. The van der Waals surface area contributed by atoms with E-state index in [1.54, 1.807) is 0 Å². The number of aliphatic carboxylic acids is 1. The Morgan fingerprint density at radius 3 is 2.38 bits per heavy atom. The van der Waals surface area contributed by atoms with E-state index >= 15 is 0 Å². The summed E-state index contributed by atoms with van der Waals surface area (Å²) in [6, 6.07) is 3.34. The summed E-state index contributed by atoms with van der Waals surface area (Å²) in [5, 5.41) is 14.9. The molecule has 0 bridgehead atoms. The lowest BCUT2D eigenvalue weighted by molar-refractivity contribution is -0.145. The van der Waals surface area contributed by atoms with Crippen LogP contribution < -0.4 is 0 Å². The summed E-state index contributed by atoms with van der Waals surface area (Å²) in [5.74, 6) is -1.76. The number of carboxylic acid groups (broad SMARTS) is 1. The molecule has 40 heavy (non-hydrogen) atoms. The van der Waals surface area contributed by atoms with E-state index in [-0.39, 0.29) is 29.2 Å². The number of nitrogens with zero attached hydrogens (tertiary/aromatic N) is 4. The van der Waals surface area contributed by atoms with Gasteiger partial charge in [-0.15, -0.1) is 0 Å². The number of hydrogen-bond acceptors (Lipinski definition) is 4. The summed E-state index contributed by atoms with van der Waals surface area (Å²) in [6.07, 6.45) is 7.06. The third-order valence-electron chi connectivity index (χ3n) is 10.3. The zero-order chi connectivity index (χ0) is 28.8. The van der Waals surface area contributed by atoms with Crippen molar-refractivity contribution in [2.24, 2.45) is 11.8 Å². The first-order valence-electron chi connectivity index (χ1n) is 15.3. The summed E-state index contributed by atoms with van der Waals surface area (Å²) >= 11 is 0. The minimum Gasteiger partial charge on any atom is -0.480 e. The van der Waals surface area contributed by atoms with Crippen molar-refractivity contribution in [3.63, 3.8) is 0 Å². The van der Waals surface area contributed by atoms with E-state index in [4.69, 9.17) is 5.10 Å². The number of fused-ring (bicyclic) bond motifs is 2. The summed E-state index contributed by atoms with van der Waals surface area (Å²) < 4.78 is 30.9. The molecule has 0 unspecified atom stereocenters. The Bertz CT molecular complexity index is 1200. The van der Waals surface area contributed by atoms with Crippen molar-refractivity contribution in [3.05, 3.63) is 52.3 Å². The van der Waals surface area contributed by atoms with Crippen LogP contribution in [0.25, 0.3) is 0 Å². The standard InChI is InChI=1S/C32H46F2N4O2/c1-6-28-26-8-9-32(30(26)38(7-2)35-28)10-12-37(13-11-32)19-22-16-25(36(5)29(20(3)4)31(39)40)18-27(22)21-14-23(33)17-24(34)15-21/h14-15,17,20,22,25,27,29H,6-13,16,18-19H2,1-5H3,(H,39,40)/t22-,25+,27-,29-/m1/s1. The Labute approximate surface area is 237 Å². The lowest BCUT2D eigenvalue weighted by Crippen LogP contribution is -2.47. The number of rotatable bonds is 9. The molecule has 0 amide bonds. The highest BCUT2D eigenvalue weighted by Gasteiger charge is 2.47. The maximum Gasteiger partial charge on any atom is 0.321 e. The summed E-state index contributed by atoms with van der Waals surface area (Å²) in [6.45, 7) is 12.0. The fraction of sp³-hybridized carbons (Fsp3) is 0.688. The van der Waals surface area contributed by atoms with Crippen molar-refractivity contribution in [1.29, 1.82) is 0 Å². The fourth-order valence-corrected chi connectivity index (χ4v) is 8.37. The zero-order valence-electron chi connectivity index (χ0n) is 24.8. The van der Waals surface area contributed by atoms with Gasteiger partial charge in [0.2, 0.25) is 0 Å². The Kier molecular flexibility index (Phi) is 8.40. The molecule has 8 heteroatoms. The number of likely N-dealkylation sites (N-methyl/N-ethyl adjacent to an activating group) is 1. The molecule has 1 spiro atoms. The van der Waals surface area contributed by atoms with Crippen molar-refractivity contribution < 1.29 is 18.7 Å². The zero-order valence-corrected chi connectivity index (χ0v) is 24.8. The SMILES string of the molecule is CCc1nn(CC)c2c1CCC21CCN(C[C@H]2C[C@H](N(C)[C@@H](C(=O)O)C(C)C)C[C@@H]2c2cc(F)cc(F)c2)CC1. The Hall–Kier alpha value is -2.32. The van der Waals surface area contributed by atoms with Gasteiger partial charge in [-0.05, 0) is 113 Å². The normalized spacial score (nSPS) is 25.3. The molecule has 1 aromatic heterocycles. The molecular weight excluding hydrogens is 510 g/mol. The smallest absolute Gasteiger partial charge is 0.321 e. The lowest BCUT2D eigenvalue weighted by atomic mass is 9.75. The van der Waals surface area contributed by atoms with E-state index in [1.165, 1.54) is 35.5 Å². The van der Waals surface area contributed by atoms with Crippen LogP contribution >= 0.6 is 0 Å². The molecule has 1 N–H and O–H groups in total. The van der Waals surface area contributed by atoms with Crippen molar-refractivity contribution >= 4 is 5.97 Å². The van der Waals surface area contributed by atoms with E-state index in [1.807, 2.05) is 25.8 Å². The number of benzene rings is 1. The van der Waals surface area contributed by atoms with Crippen molar-refractivity contribution in [2.45, 2.75) is 103 Å². The molecule has 2 aromatic rings. The van der Waals surface area contributed by atoms with Gasteiger partial charge in [-0.3, -0.25) is 14.4 Å². The molecule has 1 saturated carbocycles. The van der Waals surface area contributed by atoms with Crippen LogP contribution in [0.5, 0.6) is 0 Å². The van der Waals surface area contributed by atoms with E-state index in [9.17, 15) is 18.7 Å². The number of aromatic nitrogens is 2. The van der Waals surface area contributed by atoms with Gasteiger partial charge in [0.1, 0.15) is 17.7 Å². The largest absolute Gasteiger partial charge is 0.480 e. The highest BCUT2D eigenvalue weighted by Crippen LogP contribution is 2.49. The highest BCUT2D eigenvalue weighted by molar-refractivity contribution is 5.73. The molecule has 4 atom stereocenters. The second kappa shape index (κ2) is 11.5. The topological polar surface area (TPSA) is 61.6 Å². The first-order valence-corrected chi connectivity index (χ1v) is 15.3. The molecule has 5 rings (SSSR count). The lowest BCUT2D eigenvalue weighted by Gasteiger charge is -2.41. The molecular formula is C32H46F2N4O2. The van der Waals surface area contributed by atoms with Crippen molar-refractivity contribution in [1.82, 2.24) is 19.6 Å². The van der Waals surface area contributed by atoms with Gasteiger partial charge in [-0.25, -0.2) is 8.78 Å². The first-order chi connectivity index (χ1) is 19.1. The molecule has 1 aromatic carbocycles. The number of carbonyl (C=O) groups is 1. The van der Waals surface area contributed by atoms with E-state index < -0.39 is 23.6 Å². The maximum atomic E-state index is 14.3. The monoisotopic (exact) mass is 556 g/mol. The second-order valence-electron chi connectivity index (χ2n) is 12.9. The molecule has 1 aliphatic heterocycles. The van der Waals surface area contributed by atoms with Crippen LogP contribution in [0, 0.1) is 23.5 Å². The van der Waals surface area contributed by atoms with Crippen LogP contribution in [0.1, 0.15) is 88.2 Å². The van der Waals surface area contributed by atoms with Crippen LogP contribution in [-0.2, 0) is 29.6 Å². The van der Waals surface area contributed by atoms with Crippen LogP contribution in [0.4, 0.5) is 8.78 Å². The number of likely N-dealkylation sites (tertiary alicyclic amines) is 1. The molecule has 3 aliphatic rings. The third kappa shape index (κ3) is 5.34. The summed E-state index contributed by atoms with van der Waals surface area (Å²) in [7, 11) is 1.90. The third-order valence-corrected chi connectivity index (χ3v) is 10.3.